The normalized spacial score (nSPS) is 10.8. The Morgan fingerprint density at radius 1 is 0.960 bits per heavy atom. The first kappa shape index (κ1) is 21.3. The number of nitrogens with one attached hydrogen (secondary N) is 1. The van der Waals surface area contributed by atoms with Gasteiger partial charge in [-0.3, -0.25) is 4.79 Å². The van der Waals surface area contributed by atoms with Gasteiger partial charge in [0, 0.05) is 12.1 Å². The maximum atomic E-state index is 12.3. The number of rotatable bonds is 13. The quantitative estimate of drug-likeness (QED) is 0.497. The molecule has 142 valence electrons. The largest absolute Gasteiger partial charge is 0.490 e. The van der Waals surface area contributed by atoms with Gasteiger partial charge in [0.15, 0.2) is 11.5 Å². The van der Waals surface area contributed by atoms with Crippen molar-refractivity contribution in [3.63, 3.8) is 0 Å². The van der Waals surface area contributed by atoms with Gasteiger partial charge < -0.3 is 14.8 Å². The van der Waals surface area contributed by atoms with Crippen LogP contribution in [0.5, 0.6) is 11.5 Å². The highest BCUT2D eigenvalue weighted by Crippen LogP contribution is 2.29. The number of hydrogen-bond acceptors (Lipinski definition) is 3. The van der Waals surface area contributed by atoms with Crippen LogP contribution in [0.1, 0.15) is 76.6 Å². The first-order valence-corrected chi connectivity index (χ1v) is 9.76. The molecule has 0 aliphatic heterocycles. The lowest BCUT2D eigenvalue weighted by Gasteiger charge is -2.15. The van der Waals surface area contributed by atoms with Crippen LogP contribution in [0.3, 0.4) is 0 Å². The molecule has 0 saturated heterocycles. The third-order valence-corrected chi connectivity index (χ3v) is 3.89. The van der Waals surface area contributed by atoms with Gasteiger partial charge in [-0.05, 0) is 37.0 Å². The van der Waals surface area contributed by atoms with Crippen LogP contribution in [0.4, 0.5) is 0 Å². The number of hydrogen-bond donors (Lipinski definition) is 1. The Labute approximate surface area is 153 Å². The monoisotopic (exact) mass is 349 g/mol. The van der Waals surface area contributed by atoms with Crippen molar-refractivity contribution < 1.29 is 14.3 Å². The second kappa shape index (κ2) is 12.6. The number of benzene rings is 1. The van der Waals surface area contributed by atoms with Crippen molar-refractivity contribution in [1.82, 2.24) is 5.32 Å². The Bertz CT molecular complexity index is 500. The Morgan fingerprint density at radius 3 is 2.12 bits per heavy atom. The minimum atomic E-state index is -0.0651. The van der Waals surface area contributed by atoms with Crippen LogP contribution in [-0.2, 0) is 0 Å². The average molecular weight is 350 g/mol. The van der Waals surface area contributed by atoms with Gasteiger partial charge in [-0.2, -0.15) is 0 Å². The second-order valence-corrected chi connectivity index (χ2v) is 6.88. The number of carbonyl (C=O) groups excluding carboxylic acids is 1. The molecule has 1 aromatic carbocycles. The molecule has 1 rings (SSSR count). The lowest BCUT2D eigenvalue weighted by atomic mass is 10.1. The third-order valence-electron chi connectivity index (χ3n) is 3.89. The van der Waals surface area contributed by atoms with Gasteiger partial charge in [0.25, 0.3) is 5.91 Å². The highest BCUT2D eigenvalue weighted by atomic mass is 16.5. The predicted molar refractivity (Wildman–Crippen MR) is 104 cm³/mol. The fourth-order valence-electron chi connectivity index (χ4n) is 2.35. The summed E-state index contributed by atoms with van der Waals surface area (Å²) in [6.07, 6.45) is 6.65. The van der Waals surface area contributed by atoms with Crippen LogP contribution in [-0.4, -0.2) is 25.7 Å². The zero-order valence-corrected chi connectivity index (χ0v) is 16.4. The third kappa shape index (κ3) is 8.80. The molecule has 0 atom stereocenters. The maximum absolute atomic E-state index is 12.3. The highest BCUT2D eigenvalue weighted by Gasteiger charge is 2.12. The molecule has 4 nitrogen and oxygen atoms in total. The van der Waals surface area contributed by atoms with Gasteiger partial charge >= 0.3 is 0 Å². The van der Waals surface area contributed by atoms with E-state index in [0.29, 0.717) is 37.0 Å². The number of unbranched alkanes of at least 4 members (excludes halogenated alkanes) is 4. The molecule has 0 aliphatic rings. The Balaban J connectivity index is 2.75. The summed E-state index contributed by atoms with van der Waals surface area (Å²) in [6, 6.07) is 5.46. The summed E-state index contributed by atoms with van der Waals surface area (Å²) in [5.74, 6) is 1.76. The van der Waals surface area contributed by atoms with E-state index in [4.69, 9.17) is 9.47 Å². The van der Waals surface area contributed by atoms with Crippen LogP contribution in [0.15, 0.2) is 18.2 Å². The fourth-order valence-corrected chi connectivity index (χ4v) is 2.35. The van der Waals surface area contributed by atoms with E-state index in [1.807, 2.05) is 12.1 Å². The van der Waals surface area contributed by atoms with Crippen molar-refractivity contribution in [2.75, 3.05) is 19.8 Å². The Morgan fingerprint density at radius 2 is 1.56 bits per heavy atom. The molecule has 0 fully saturated rings. The lowest BCUT2D eigenvalue weighted by Crippen LogP contribution is -2.27. The Hall–Kier alpha value is -1.71. The number of ether oxygens (including phenoxy) is 2. The number of amides is 1. The predicted octanol–water partition coefficient (Wildman–Crippen LogP) is 5.21. The molecule has 0 aromatic heterocycles. The summed E-state index contributed by atoms with van der Waals surface area (Å²) in [6.45, 7) is 10.5. The van der Waals surface area contributed by atoms with Crippen molar-refractivity contribution in [2.45, 2.75) is 66.2 Å². The zero-order valence-electron chi connectivity index (χ0n) is 16.4. The van der Waals surface area contributed by atoms with Crippen LogP contribution in [0, 0.1) is 5.92 Å². The molecule has 1 amide bonds. The van der Waals surface area contributed by atoms with Crippen molar-refractivity contribution in [3.05, 3.63) is 23.8 Å². The topological polar surface area (TPSA) is 47.6 Å². The van der Waals surface area contributed by atoms with E-state index in [1.165, 1.54) is 6.42 Å². The van der Waals surface area contributed by atoms with E-state index in [2.05, 4.69) is 33.0 Å². The second-order valence-electron chi connectivity index (χ2n) is 6.88. The van der Waals surface area contributed by atoms with Crippen molar-refractivity contribution in [2.24, 2.45) is 5.92 Å². The first-order valence-electron chi connectivity index (χ1n) is 9.76. The fraction of sp³-hybridized carbons (Fsp3) is 0.667. The van der Waals surface area contributed by atoms with Crippen LogP contribution in [0.25, 0.3) is 0 Å². The highest BCUT2D eigenvalue weighted by molar-refractivity contribution is 5.94. The summed E-state index contributed by atoms with van der Waals surface area (Å²) in [5.41, 5.74) is 0.618. The van der Waals surface area contributed by atoms with E-state index < -0.39 is 0 Å². The average Bonchev–Trinajstić information content (AvgIpc) is 2.61. The lowest BCUT2D eigenvalue weighted by molar-refractivity contribution is 0.0948. The van der Waals surface area contributed by atoms with Gasteiger partial charge in [-0.15, -0.1) is 0 Å². The molecule has 0 bridgehead atoms. The van der Waals surface area contributed by atoms with Gasteiger partial charge in [-0.25, -0.2) is 0 Å². The number of carbonyl (C=O) groups is 1. The molecule has 0 radical (unpaired) electrons. The minimum absolute atomic E-state index is 0.0651. The molecule has 0 saturated carbocycles. The van der Waals surface area contributed by atoms with Crippen molar-refractivity contribution >= 4 is 5.91 Å². The van der Waals surface area contributed by atoms with Gasteiger partial charge in [0.05, 0.1) is 13.2 Å². The summed E-state index contributed by atoms with van der Waals surface area (Å²) in [5, 5.41) is 2.95. The molecule has 25 heavy (non-hydrogen) atoms. The molecule has 0 heterocycles. The van der Waals surface area contributed by atoms with E-state index in [0.717, 1.165) is 37.9 Å². The summed E-state index contributed by atoms with van der Waals surface area (Å²) < 4.78 is 11.8. The molecular weight excluding hydrogens is 314 g/mol. The minimum Gasteiger partial charge on any atom is -0.490 e. The molecule has 1 aromatic rings. The zero-order chi connectivity index (χ0) is 18.5. The summed E-state index contributed by atoms with van der Waals surface area (Å²) in [4.78, 5) is 12.3. The van der Waals surface area contributed by atoms with Crippen molar-refractivity contribution in [1.29, 1.82) is 0 Å². The van der Waals surface area contributed by atoms with Crippen LogP contribution >= 0.6 is 0 Å². The van der Waals surface area contributed by atoms with Crippen molar-refractivity contribution in [3.8, 4) is 11.5 Å². The molecule has 0 aliphatic carbocycles. The van der Waals surface area contributed by atoms with E-state index in [1.54, 1.807) is 6.07 Å². The van der Waals surface area contributed by atoms with E-state index >= 15 is 0 Å². The SMILES string of the molecule is CCCCCOc1ccc(C(=O)NCC(C)C)cc1OCCCCC. The molecule has 4 heteroatoms. The van der Waals surface area contributed by atoms with E-state index in [9.17, 15) is 4.79 Å². The standard InChI is InChI=1S/C21H35NO3/c1-5-7-9-13-24-19-12-11-18(21(23)22-16-17(3)4)15-20(19)25-14-10-8-6-2/h11-12,15,17H,5-10,13-14,16H2,1-4H3,(H,22,23). The first-order chi connectivity index (χ1) is 12.1. The van der Waals surface area contributed by atoms with Gasteiger partial charge in [0.2, 0.25) is 0 Å². The molecule has 1 N–H and O–H groups in total. The smallest absolute Gasteiger partial charge is 0.251 e. The summed E-state index contributed by atoms with van der Waals surface area (Å²) in [7, 11) is 0. The van der Waals surface area contributed by atoms with Gasteiger partial charge in [-0.1, -0.05) is 53.4 Å². The van der Waals surface area contributed by atoms with Crippen LogP contribution < -0.4 is 14.8 Å². The van der Waals surface area contributed by atoms with E-state index in [-0.39, 0.29) is 5.91 Å². The molecular formula is C21H35NO3. The molecule has 0 spiro atoms. The van der Waals surface area contributed by atoms with Crippen LogP contribution in [0.2, 0.25) is 0 Å². The van der Waals surface area contributed by atoms with Gasteiger partial charge in [0.1, 0.15) is 0 Å². The Kier molecular flexibility index (Phi) is 10.8. The summed E-state index contributed by atoms with van der Waals surface area (Å²) >= 11 is 0. The maximum Gasteiger partial charge on any atom is 0.251 e. The molecule has 0 unspecified atom stereocenters.